The van der Waals surface area contributed by atoms with Crippen molar-refractivity contribution >= 4 is 48.7 Å². The number of hydrogen-bond acceptors (Lipinski definition) is 5. The highest BCUT2D eigenvalue weighted by Crippen LogP contribution is 2.36. The first-order valence-corrected chi connectivity index (χ1v) is 7.07. The lowest BCUT2D eigenvalue weighted by atomic mass is 10.2. The zero-order valence-corrected chi connectivity index (χ0v) is 13.3. The van der Waals surface area contributed by atoms with Gasteiger partial charge in [-0.05, 0) is 60.8 Å². The Kier molecular flexibility index (Phi) is 4.89. The summed E-state index contributed by atoms with van der Waals surface area (Å²) in [5.41, 5.74) is 0.346. The summed E-state index contributed by atoms with van der Waals surface area (Å²) in [5.74, 6) is 0.506. The molecule has 2 aromatic rings. The number of halogens is 3. The maximum absolute atomic E-state index is 11.2. The third kappa shape index (κ3) is 3.52. The molecular formula is C10H7Br2ClN4O2. The molecule has 1 aromatic heterocycles. The molecule has 0 N–H and O–H groups in total. The van der Waals surface area contributed by atoms with Crippen LogP contribution in [0.15, 0.2) is 27.4 Å². The predicted molar refractivity (Wildman–Crippen MR) is 75.3 cm³/mol. The van der Waals surface area contributed by atoms with Crippen LogP contribution < -0.4 is 4.74 Å². The number of aromatic nitrogens is 4. The number of rotatable bonds is 5. The van der Waals surface area contributed by atoms with Crippen LogP contribution >= 0.6 is 43.5 Å². The van der Waals surface area contributed by atoms with Gasteiger partial charge in [-0.2, -0.15) is 4.80 Å². The summed E-state index contributed by atoms with van der Waals surface area (Å²) < 4.78 is 6.82. The lowest BCUT2D eigenvalue weighted by Gasteiger charge is -2.11. The third-order valence-corrected chi connectivity index (χ3v) is 3.81. The molecule has 0 radical (unpaired) electrons. The number of benzene rings is 1. The van der Waals surface area contributed by atoms with Crippen molar-refractivity contribution in [1.82, 2.24) is 20.2 Å². The Morgan fingerprint density at radius 3 is 2.84 bits per heavy atom. The van der Waals surface area contributed by atoms with E-state index < -0.39 is 5.24 Å². The fourth-order valence-corrected chi connectivity index (χ4v) is 2.96. The second-order valence-corrected chi connectivity index (χ2v) is 5.38. The molecule has 0 saturated heterocycles. The highest BCUT2D eigenvalue weighted by molar-refractivity contribution is 9.11. The number of tetrazole rings is 1. The number of ether oxygens (including phenoxy) is 1. The molecule has 0 saturated carbocycles. The van der Waals surface area contributed by atoms with Crippen molar-refractivity contribution < 1.29 is 9.53 Å². The lowest BCUT2D eigenvalue weighted by molar-refractivity contribution is 0.108. The minimum atomic E-state index is -0.554. The van der Waals surface area contributed by atoms with Crippen LogP contribution in [0.4, 0.5) is 0 Å². The molecule has 1 aromatic carbocycles. The molecule has 100 valence electrons. The summed E-state index contributed by atoms with van der Waals surface area (Å²) in [6.45, 7) is 0.769. The van der Waals surface area contributed by atoms with Crippen molar-refractivity contribution in [2.24, 2.45) is 0 Å². The highest BCUT2D eigenvalue weighted by atomic mass is 79.9. The van der Waals surface area contributed by atoms with Crippen LogP contribution in [0.2, 0.25) is 0 Å². The van der Waals surface area contributed by atoms with Crippen LogP contribution in [0.25, 0.3) is 0 Å². The first kappa shape index (κ1) is 14.4. The molecule has 19 heavy (non-hydrogen) atoms. The molecule has 6 nitrogen and oxygen atoms in total. The van der Waals surface area contributed by atoms with Gasteiger partial charge in [-0.15, -0.1) is 10.2 Å². The summed E-state index contributed by atoms with van der Waals surface area (Å²) in [5, 5.41) is 10.6. The van der Waals surface area contributed by atoms with Gasteiger partial charge in [-0.1, -0.05) is 0 Å². The van der Waals surface area contributed by atoms with E-state index in [9.17, 15) is 4.79 Å². The molecule has 0 spiro atoms. The van der Waals surface area contributed by atoms with Crippen molar-refractivity contribution in [3.63, 3.8) is 0 Å². The Bertz CT molecular complexity index is 591. The van der Waals surface area contributed by atoms with Gasteiger partial charge < -0.3 is 4.74 Å². The zero-order chi connectivity index (χ0) is 13.8. The van der Waals surface area contributed by atoms with Crippen molar-refractivity contribution in [3.05, 3.63) is 33.0 Å². The predicted octanol–water partition coefficient (Wildman–Crippen LogP) is 2.66. The normalized spacial score (nSPS) is 10.5. The third-order valence-electron chi connectivity index (χ3n) is 2.19. The summed E-state index contributed by atoms with van der Waals surface area (Å²) in [7, 11) is 0. The van der Waals surface area contributed by atoms with Gasteiger partial charge in [0.15, 0.2) is 6.33 Å². The van der Waals surface area contributed by atoms with Gasteiger partial charge in [0.1, 0.15) is 12.4 Å². The van der Waals surface area contributed by atoms with E-state index in [0.717, 1.165) is 0 Å². The van der Waals surface area contributed by atoms with E-state index in [1.165, 1.54) is 11.1 Å². The first-order chi connectivity index (χ1) is 9.09. The smallest absolute Gasteiger partial charge is 0.253 e. The summed E-state index contributed by atoms with van der Waals surface area (Å²) >= 11 is 12.1. The van der Waals surface area contributed by atoms with Crippen LogP contribution in [0.5, 0.6) is 5.75 Å². The van der Waals surface area contributed by atoms with Crippen molar-refractivity contribution in [3.8, 4) is 5.75 Å². The topological polar surface area (TPSA) is 69.9 Å². The number of hydrogen-bond donors (Lipinski definition) is 0. The largest absolute Gasteiger partial charge is 0.489 e. The molecular weight excluding hydrogens is 403 g/mol. The molecule has 0 unspecified atom stereocenters. The Morgan fingerprint density at radius 1 is 1.42 bits per heavy atom. The molecule has 9 heteroatoms. The number of nitrogens with zero attached hydrogens (tertiary/aromatic N) is 4. The molecule has 0 bridgehead atoms. The SMILES string of the molecule is O=C(Cl)c1ccc(Br)c(OCCn2ncnn2)c1Br. The Balaban J connectivity index is 2.11. The van der Waals surface area contributed by atoms with Crippen LogP contribution in [0.3, 0.4) is 0 Å². The fraction of sp³-hybridized carbons (Fsp3) is 0.200. The standard InChI is InChI=1S/C10H7Br2ClN4O2/c11-7-2-1-6(10(13)18)8(12)9(7)19-4-3-17-15-5-14-16-17/h1-2,5H,3-4H2. The summed E-state index contributed by atoms with van der Waals surface area (Å²) in [4.78, 5) is 12.6. The maximum Gasteiger partial charge on any atom is 0.253 e. The quantitative estimate of drug-likeness (QED) is 0.709. The highest BCUT2D eigenvalue weighted by Gasteiger charge is 2.15. The fourth-order valence-electron chi connectivity index (χ4n) is 1.34. The van der Waals surface area contributed by atoms with Gasteiger partial charge in [-0.25, -0.2) is 0 Å². The molecule has 0 amide bonds. The Hall–Kier alpha value is -0.990. The van der Waals surface area contributed by atoms with Gasteiger partial charge in [0, 0.05) is 0 Å². The second-order valence-electron chi connectivity index (χ2n) is 3.39. The lowest BCUT2D eigenvalue weighted by Crippen LogP contribution is -2.11. The van der Waals surface area contributed by atoms with Crippen molar-refractivity contribution in [2.75, 3.05) is 6.61 Å². The molecule has 1 heterocycles. The van der Waals surface area contributed by atoms with E-state index >= 15 is 0 Å². The number of carbonyl (C=O) groups excluding carboxylic acids is 1. The average Bonchev–Trinajstić information content (AvgIpc) is 2.86. The average molecular weight is 410 g/mol. The van der Waals surface area contributed by atoms with Gasteiger partial charge >= 0.3 is 0 Å². The molecule has 0 fully saturated rings. The van der Waals surface area contributed by atoms with Crippen LogP contribution in [-0.4, -0.2) is 32.1 Å². The van der Waals surface area contributed by atoms with Gasteiger partial charge in [0.05, 0.1) is 21.1 Å². The molecule has 0 aliphatic carbocycles. The van der Waals surface area contributed by atoms with E-state index in [-0.39, 0.29) is 0 Å². The second kappa shape index (κ2) is 6.44. The summed E-state index contributed by atoms with van der Waals surface area (Å²) in [6, 6.07) is 3.30. The van der Waals surface area contributed by atoms with E-state index in [0.29, 0.717) is 33.4 Å². The van der Waals surface area contributed by atoms with Crippen molar-refractivity contribution in [1.29, 1.82) is 0 Å². The van der Waals surface area contributed by atoms with Crippen molar-refractivity contribution in [2.45, 2.75) is 6.54 Å². The van der Waals surface area contributed by atoms with Crippen LogP contribution in [0, 0.1) is 0 Å². The van der Waals surface area contributed by atoms with Crippen LogP contribution in [0.1, 0.15) is 10.4 Å². The minimum Gasteiger partial charge on any atom is -0.489 e. The Labute approximate surface area is 130 Å². The van der Waals surface area contributed by atoms with Gasteiger partial charge in [-0.3, -0.25) is 4.79 Å². The van der Waals surface area contributed by atoms with Gasteiger partial charge in [0.25, 0.3) is 5.24 Å². The summed E-state index contributed by atoms with van der Waals surface area (Å²) in [6.07, 6.45) is 1.35. The minimum absolute atomic E-state index is 0.327. The zero-order valence-electron chi connectivity index (χ0n) is 9.39. The molecule has 0 aliphatic rings. The van der Waals surface area contributed by atoms with E-state index in [4.69, 9.17) is 16.3 Å². The van der Waals surface area contributed by atoms with Gasteiger partial charge in [0.2, 0.25) is 0 Å². The van der Waals surface area contributed by atoms with E-state index in [1.54, 1.807) is 12.1 Å². The van der Waals surface area contributed by atoms with E-state index in [2.05, 4.69) is 47.3 Å². The monoisotopic (exact) mass is 408 g/mol. The first-order valence-electron chi connectivity index (χ1n) is 5.11. The number of carbonyl (C=O) groups is 1. The molecule has 0 atom stereocenters. The van der Waals surface area contributed by atoms with E-state index in [1.807, 2.05) is 0 Å². The maximum atomic E-state index is 11.2. The molecule has 0 aliphatic heterocycles. The molecule has 2 rings (SSSR count). The van der Waals surface area contributed by atoms with Crippen LogP contribution in [-0.2, 0) is 6.54 Å². The Morgan fingerprint density at radius 2 is 2.21 bits per heavy atom.